The molecular formula is C16H25NO2. The van der Waals surface area contributed by atoms with E-state index in [9.17, 15) is 0 Å². The normalized spacial score (nSPS) is 16.3. The van der Waals surface area contributed by atoms with Crippen LogP contribution in [0.25, 0.3) is 0 Å². The van der Waals surface area contributed by atoms with Crippen molar-refractivity contribution in [2.24, 2.45) is 5.92 Å². The molecule has 1 aliphatic carbocycles. The molecular weight excluding hydrogens is 238 g/mol. The molecule has 1 atom stereocenters. The van der Waals surface area contributed by atoms with Crippen molar-refractivity contribution in [2.45, 2.75) is 32.2 Å². The molecule has 1 fully saturated rings. The van der Waals surface area contributed by atoms with Gasteiger partial charge in [0.2, 0.25) is 0 Å². The number of rotatable bonds is 9. The van der Waals surface area contributed by atoms with Crippen LogP contribution in [0.3, 0.4) is 0 Å². The zero-order valence-corrected chi connectivity index (χ0v) is 12.0. The summed E-state index contributed by atoms with van der Waals surface area (Å²) in [6.45, 7) is 4.88. The molecule has 1 aromatic carbocycles. The van der Waals surface area contributed by atoms with Crippen LogP contribution in [0.1, 0.15) is 25.3 Å². The number of methoxy groups -OCH3 is 1. The van der Waals surface area contributed by atoms with E-state index in [-0.39, 0.29) is 0 Å². The largest absolute Gasteiger partial charge is 0.496 e. The van der Waals surface area contributed by atoms with Gasteiger partial charge in [-0.15, -0.1) is 0 Å². The first-order valence-corrected chi connectivity index (χ1v) is 7.22. The minimum Gasteiger partial charge on any atom is -0.496 e. The topological polar surface area (TPSA) is 30.5 Å². The van der Waals surface area contributed by atoms with Crippen molar-refractivity contribution in [2.75, 3.05) is 26.9 Å². The summed E-state index contributed by atoms with van der Waals surface area (Å²) in [5, 5.41) is 3.50. The molecule has 0 radical (unpaired) electrons. The lowest BCUT2D eigenvalue weighted by Gasteiger charge is -2.15. The molecule has 0 amide bonds. The van der Waals surface area contributed by atoms with E-state index in [4.69, 9.17) is 9.47 Å². The quantitative estimate of drug-likeness (QED) is 0.695. The molecule has 0 bridgehead atoms. The molecule has 0 saturated heterocycles. The standard InChI is InChI=1S/C16H25NO2/c1-13(17-9-10-19-12-14-7-8-14)11-15-5-3-4-6-16(15)18-2/h3-6,13-14,17H,7-12H2,1-2H3. The van der Waals surface area contributed by atoms with Crippen LogP contribution in [0.15, 0.2) is 24.3 Å². The Morgan fingerprint density at radius 3 is 2.84 bits per heavy atom. The Hall–Kier alpha value is -1.06. The summed E-state index contributed by atoms with van der Waals surface area (Å²) in [7, 11) is 1.72. The highest BCUT2D eigenvalue weighted by molar-refractivity contribution is 5.33. The average Bonchev–Trinajstić information content (AvgIpc) is 3.23. The van der Waals surface area contributed by atoms with E-state index in [1.807, 2.05) is 12.1 Å². The van der Waals surface area contributed by atoms with Crippen LogP contribution in [-0.4, -0.2) is 32.9 Å². The Morgan fingerprint density at radius 2 is 2.11 bits per heavy atom. The highest BCUT2D eigenvalue weighted by Crippen LogP contribution is 2.28. The molecule has 2 rings (SSSR count). The van der Waals surface area contributed by atoms with Gasteiger partial charge in [0.25, 0.3) is 0 Å². The summed E-state index contributed by atoms with van der Waals surface area (Å²) in [6.07, 6.45) is 3.70. The lowest BCUT2D eigenvalue weighted by Crippen LogP contribution is -2.31. The fraction of sp³-hybridized carbons (Fsp3) is 0.625. The summed E-state index contributed by atoms with van der Waals surface area (Å²) < 4.78 is 11.0. The fourth-order valence-electron chi connectivity index (χ4n) is 2.19. The van der Waals surface area contributed by atoms with Gasteiger partial charge >= 0.3 is 0 Å². The molecule has 1 aromatic rings. The minimum atomic E-state index is 0.431. The van der Waals surface area contributed by atoms with Crippen LogP contribution in [-0.2, 0) is 11.2 Å². The van der Waals surface area contributed by atoms with Crippen molar-refractivity contribution < 1.29 is 9.47 Å². The van der Waals surface area contributed by atoms with E-state index in [2.05, 4.69) is 24.4 Å². The van der Waals surface area contributed by atoms with E-state index in [0.717, 1.165) is 37.8 Å². The lowest BCUT2D eigenvalue weighted by molar-refractivity contribution is 0.124. The second kappa shape index (κ2) is 7.51. The number of ether oxygens (including phenoxy) is 2. The predicted molar refractivity (Wildman–Crippen MR) is 77.7 cm³/mol. The molecule has 1 saturated carbocycles. The number of benzene rings is 1. The van der Waals surface area contributed by atoms with Crippen LogP contribution in [0, 0.1) is 5.92 Å². The zero-order chi connectivity index (χ0) is 13.5. The van der Waals surface area contributed by atoms with Crippen LogP contribution in [0.4, 0.5) is 0 Å². The van der Waals surface area contributed by atoms with Gasteiger partial charge in [-0.05, 0) is 43.7 Å². The maximum Gasteiger partial charge on any atom is 0.122 e. The van der Waals surface area contributed by atoms with Crippen molar-refractivity contribution >= 4 is 0 Å². The number of hydrogen-bond acceptors (Lipinski definition) is 3. The van der Waals surface area contributed by atoms with Gasteiger partial charge < -0.3 is 14.8 Å². The Balaban J connectivity index is 1.63. The van der Waals surface area contributed by atoms with Gasteiger partial charge in [0.1, 0.15) is 5.75 Å². The molecule has 0 aromatic heterocycles. The van der Waals surface area contributed by atoms with Crippen molar-refractivity contribution in [3.05, 3.63) is 29.8 Å². The molecule has 0 spiro atoms. The van der Waals surface area contributed by atoms with Gasteiger partial charge in [-0.2, -0.15) is 0 Å². The SMILES string of the molecule is COc1ccccc1CC(C)NCCOCC1CC1. The smallest absolute Gasteiger partial charge is 0.122 e. The van der Waals surface area contributed by atoms with Crippen LogP contribution < -0.4 is 10.1 Å². The maximum atomic E-state index is 5.62. The van der Waals surface area contributed by atoms with Gasteiger partial charge in [-0.25, -0.2) is 0 Å². The summed E-state index contributed by atoms with van der Waals surface area (Å²) in [5.74, 6) is 1.83. The van der Waals surface area contributed by atoms with Crippen molar-refractivity contribution in [1.82, 2.24) is 5.32 Å². The highest BCUT2D eigenvalue weighted by Gasteiger charge is 2.20. The monoisotopic (exact) mass is 263 g/mol. The molecule has 0 aliphatic heterocycles. The third-order valence-corrected chi connectivity index (χ3v) is 3.51. The van der Waals surface area contributed by atoms with Crippen LogP contribution in [0.5, 0.6) is 5.75 Å². The van der Waals surface area contributed by atoms with Crippen LogP contribution in [0.2, 0.25) is 0 Å². The molecule has 19 heavy (non-hydrogen) atoms. The van der Waals surface area contributed by atoms with E-state index in [0.29, 0.717) is 6.04 Å². The highest BCUT2D eigenvalue weighted by atomic mass is 16.5. The third-order valence-electron chi connectivity index (χ3n) is 3.51. The van der Waals surface area contributed by atoms with Crippen LogP contribution >= 0.6 is 0 Å². The molecule has 3 heteroatoms. The predicted octanol–water partition coefficient (Wildman–Crippen LogP) is 2.64. The molecule has 1 unspecified atom stereocenters. The first kappa shape index (κ1) is 14.4. The number of nitrogens with one attached hydrogen (secondary N) is 1. The van der Waals surface area contributed by atoms with Crippen molar-refractivity contribution in [3.8, 4) is 5.75 Å². The van der Waals surface area contributed by atoms with Crippen molar-refractivity contribution in [1.29, 1.82) is 0 Å². The zero-order valence-electron chi connectivity index (χ0n) is 12.0. The molecule has 1 aliphatic rings. The summed E-state index contributed by atoms with van der Waals surface area (Å²) in [4.78, 5) is 0. The minimum absolute atomic E-state index is 0.431. The van der Waals surface area contributed by atoms with E-state index >= 15 is 0 Å². The Morgan fingerprint density at radius 1 is 1.32 bits per heavy atom. The fourth-order valence-corrected chi connectivity index (χ4v) is 2.19. The molecule has 106 valence electrons. The maximum absolute atomic E-state index is 5.62. The Kier molecular flexibility index (Phi) is 5.67. The second-order valence-corrected chi connectivity index (χ2v) is 5.39. The van der Waals surface area contributed by atoms with E-state index < -0.39 is 0 Å². The van der Waals surface area contributed by atoms with Gasteiger partial charge in [0.05, 0.1) is 13.7 Å². The molecule has 3 nitrogen and oxygen atoms in total. The summed E-state index contributed by atoms with van der Waals surface area (Å²) in [6, 6.07) is 8.64. The number of hydrogen-bond donors (Lipinski definition) is 1. The summed E-state index contributed by atoms with van der Waals surface area (Å²) in [5.41, 5.74) is 1.25. The number of para-hydroxylation sites is 1. The lowest BCUT2D eigenvalue weighted by atomic mass is 10.1. The van der Waals surface area contributed by atoms with E-state index in [1.165, 1.54) is 18.4 Å². The summed E-state index contributed by atoms with van der Waals surface area (Å²) >= 11 is 0. The first-order chi connectivity index (χ1) is 9.29. The van der Waals surface area contributed by atoms with Gasteiger partial charge in [0.15, 0.2) is 0 Å². The Bertz CT molecular complexity index is 377. The Labute approximate surface area is 116 Å². The third kappa shape index (κ3) is 5.21. The van der Waals surface area contributed by atoms with Gasteiger partial charge in [-0.3, -0.25) is 0 Å². The van der Waals surface area contributed by atoms with Gasteiger partial charge in [-0.1, -0.05) is 18.2 Å². The van der Waals surface area contributed by atoms with Gasteiger partial charge in [0, 0.05) is 19.2 Å². The van der Waals surface area contributed by atoms with E-state index in [1.54, 1.807) is 7.11 Å². The second-order valence-electron chi connectivity index (χ2n) is 5.39. The first-order valence-electron chi connectivity index (χ1n) is 7.22. The average molecular weight is 263 g/mol. The molecule has 1 N–H and O–H groups in total. The molecule has 0 heterocycles. The van der Waals surface area contributed by atoms with Crippen molar-refractivity contribution in [3.63, 3.8) is 0 Å².